The lowest BCUT2D eigenvalue weighted by molar-refractivity contribution is 1.13. The average Bonchev–Trinajstić information content (AvgIpc) is 2.46. The quantitative estimate of drug-likeness (QED) is 0.545. The third-order valence-corrected chi connectivity index (χ3v) is 2.65. The molecule has 18 heavy (non-hydrogen) atoms. The zero-order valence-electron chi connectivity index (χ0n) is 10.3. The molecule has 0 unspecified atom stereocenters. The third kappa shape index (κ3) is 2.83. The molecular weight excluding hydrogens is 220 g/mol. The molecule has 0 aliphatic rings. The maximum atomic E-state index is 5.49. The summed E-state index contributed by atoms with van der Waals surface area (Å²) in [5.74, 6) is 2.65. The molecule has 0 spiro atoms. The smallest absolute Gasteiger partial charge is 0.101 e. The monoisotopic (exact) mass is 234 g/mol. The van der Waals surface area contributed by atoms with E-state index in [0.717, 1.165) is 23.4 Å². The Morgan fingerprint density at radius 3 is 2.50 bits per heavy atom. The minimum Gasteiger partial charge on any atom is -0.151 e. The number of nitrogens with zero attached hydrogens (tertiary/aromatic N) is 2. The number of aryl methyl sites for hydroxylation is 1. The van der Waals surface area contributed by atoms with Gasteiger partial charge in [0.25, 0.3) is 0 Å². The van der Waals surface area contributed by atoms with Crippen LogP contribution in [0.1, 0.15) is 18.1 Å². The molecule has 0 heterocycles. The van der Waals surface area contributed by atoms with Gasteiger partial charge in [0.15, 0.2) is 0 Å². The molecule has 0 amide bonds. The molecule has 2 rings (SSSR count). The highest BCUT2D eigenvalue weighted by Crippen LogP contribution is 2.23. The molecule has 0 N–H and O–H groups in total. The molecule has 0 fully saturated rings. The lowest BCUT2D eigenvalue weighted by Crippen LogP contribution is -1.82. The first-order chi connectivity index (χ1) is 8.83. The van der Waals surface area contributed by atoms with E-state index in [1.807, 2.05) is 48.5 Å². The number of rotatable bonds is 3. The van der Waals surface area contributed by atoms with Crippen molar-refractivity contribution >= 4 is 11.4 Å². The van der Waals surface area contributed by atoms with Crippen LogP contribution in [0.25, 0.3) is 0 Å². The normalized spacial score (nSPS) is 10.4. The van der Waals surface area contributed by atoms with Crippen LogP contribution in [0.15, 0.2) is 58.8 Å². The van der Waals surface area contributed by atoms with E-state index >= 15 is 0 Å². The summed E-state index contributed by atoms with van der Waals surface area (Å²) in [6.07, 6.45) is 6.45. The highest BCUT2D eigenvalue weighted by atomic mass is 15.1. The molecule has 0 aliphatic heterocycles. The minimum absolute atomic E-state index is 0.735. The Balaban J connectivity index is 2.30. The zero-order valence-corrected chi connectivity index (χ0v) is 10.3. The molecule has 88 valence electrons. The zero-order chi connectivity index (χ0) is 12.8. The molecule has 0 saturated heterocycles. The van der Waals surface area contributed by atoms with Crippen molar-refractivity contribution in [2.75, 3.05) is 0 Å². The summed E-state index contributed by atoms with van der Waals surface area (Å²) in [6.45, 7) is 2.10. The Hall–Kier alpha value is -2.40. The number of benzene rings is 2. The average molecular weight is 234 g/mol. The van der Waals surface area contributed by atoms with Crippen LogP contribution < -0.4 is 0 Å². The molecule has 2 nitrogen and oxygen atoms in total. The van der Waals surface area contributed by atoms with Crippen LogP contribution in [0.5, 0.6) is 0 Å². The van der Waals surface area contributed by atoms with Gasteiger partial charge in [-0.3, -0.25) is 0 Å². The molecule has 0 aliphatic carbocycles. The van der Waals surface area contributed by atoms with Crippen molar-refractivity contribution in [3.05, 3.63) is 59.7 Å². The van der Waals surface area contributed by atoms with Crippen LogP contribution >= 0.6 is 0 Å². The van der Waals surface area contributed by atoms with Crippen molar-refractivity contribution in [1.29, 1.82) is 0 Å². The molecule has 2 aromatic rings. The Morgan fingerprint density at radius 1 is 1.06 bits per heavy atom. The predicted octanol–water partition coefficient (Wildman–Crippen LogP) is 4.65. The van der Waals surface area contributed by atoms with E-state index in [1.165, 1.54) is 5.56 Å². The maximum Gasteiger partial charge on any atom is 0.101 e. The summed E-state index contributed by atoms with van der Waals surface area (Å²) in [5.41, 5.74) is 3.55. The van der Waals surface area contributed by atoms with Crippen LogP contribution in [-0.2, 0) is 6.42 Å². The standard InChI is InChI=1S/C16H14N2/c1-3-13-10-11-16(14(4-2)12-13)18-17-15-8-6-5-7-9-15/h2,5-12H,3H2,1H3. The fourth-order valence-corrected chi connectivity index (χ4v) is 1.61. The van der Waals surface area contributed by atoms with Gasteiger partial charge in [0.05, 0.1) is 11.3 Å². The van der Waals surface area contributed by atoms with E-state index in [1.54, 1.807) is 0 Å². The van der Waals surface area contributed by atoms with Crippen LogP contribution in [0.3, 0.4) is 0 Å². The first-order valence-electron chi connectivity index (χ1n) is 5.90. The lowest BCUT2D eigenvalue weighted by atomic mass is 10.1. The fourth-order valence-electron chi connectivity index (χ4n) is 1.61. The fraction of sp³-hybridized carbons (Fsp3) is 0.125. The van der Waals surface area contributed by atoms with Gasteiger partial charge in [-0.05, 0) is 36.2 Å². The van der Waals surface area contributed by atoms with Gasteiger partial charge in [0.1, 0.15) is 5.69 Å². The second-order valence-electron chi connectivity index (χ2n) is 3.88. The SMILES string of the molecule is C#Cc1cc(CC)ccc1N=Nc1ccccc1. The van der Waals surface area contributed by atoms with Crippen molar-refractivity contribution in [3.8, 4) is 12.3 Å². The van der Waals surface area contributed by atoms with Crippen molar-refractivity contribution < 1.29 is 0 Å². The summed E-state index contributed by atoms with van der Waals surface area (Å²) in [6, 6.07) is 15.5. The van der Waals surface area contributed by atoms with Crippen LogP contribution in [0, 0.1) is 12.3 Å². The Labute approximate surface area is 107 Å². The van der Waals surface area contributed by atoms with Gasteiger partial charge in [-0.2, -0.15) is 5.11 Å². The van der Waals surface area contributed by atoms with E-state index in [2.05, 4.69) is 23.1 Å². The van der Waals surface area contributed by atoms with Gasteiger partial charge in [-0.1, -0.05) is 37.1 Å². The highest BCUT2D eigenvalue weighted by Gasteiger charge is 2.00. The van der Waals surface area contributed by atoms with Gasteiger partial charge in [0.2, 0.25) is 0 Å². The maximum absolute atomic E-state index is 5.49. The number of terminal acetylenes is 1. The van der Waals surface area contributed by atoms with E-state index in [0.29, 0.717) is 0 Å². The summed E-state index contributed by atoms with van der Waals surface area (Å²) in [4.78, 5) is 0. The van der Waals surface area contributed by atoms with Crippen molar-refractivity contribution in [2.24, 2.45) is 10.2 Å². The van der Waals surface area contributed by atoms with Crippen molar-refractivity contribution in [3.63, 3.8) is 0 Å². The number of hydrogen-bond donors (Lipinski definition) is 0. The number of azo groups is 1. The van der Waals surface area contributed by atoms with Crippen LogP contribution in [0.2, 0.25) is 0 Å². The Bertz CT molecular complexity index is 592. The van der Waals surface area contributed by atoms with Crippen LogP contribution in [0.4, 0.5) is 11.4 Å². The first-order valence-corrected chi connectivity index (χ1v) is 5.90. The molecule has 0 atom stereocenters. The number of hydrogen-bond acceptors (Lipinski definition) is 2. The summed E-state index contributed by atoms with van der Waals surface area (Å²) >= 11 is 0. The van der Waals surface area contributed by atoms with Crippen molar-refractivity contribution in [1.82, 2.24) is 0 Å². The molecular formula is C16H14N2. The molecule has 0 bridgehead atoms. The van der Waals surface area contributed by atoms with Gasteiger partial charge in [-0.15, -0.1) is 11.5 Å². The minimum atomic E-state index is 0.735. The van der Waals surface area contributed by atoms with E-state index in [9.17, 15) is 0 Å². The van der Waals surface area contributed by atoms with Gasteiger partial charge in [0, 0.05) is 0 Å². The largest absolute Gasteiger partial charge is 0.151 e. The van der Waals surface area contributed by atoms with Gasteiger partial charge < -0.3 is 0 Å². The van der Waals surface area contributed by atoms with Gasteiger partial charge in [-0.25, -0.2) is 0 Å². The Morgan fingerprint density at radius 2 is 1.83 bits per heavy atom. The summed E-state index contributed by atoms with van der Waals surface area (Å²) < 4.78 is 0. The van der Waals surface area contributed by atoms with E-state index < -0.39 is 0 Å². The molecule has 2 aromatic carbocycles. The van der Waals surface area contributed by atoms with E-state index in [4.69, 9.17) is 6.42 Å². The molecule has 0 saturated carbocycles. The lowest BCUT2D eigenvalue weighted by Gasteiger charge is -2.01. The summed E-state index contributed by atoms with van der Waals surface area (Å²) in [5, 5.41) is 8.38. The first kappa shape index (κ1) is 12.1. The topological polar surface area (TPSA) is 24.7 Å². The third-order valence-electron chi connectivity index (χ3n) is 2.65. The predicted molar refractivity (Wildman–Crippen MR) is 74.4 cm³/mol. The van der Waals surface area contributed by atoms with E-state index in [-0.39, 0.29) is 0 Å². The Kier molecular flexibility index (Phi) is 3.88. The second-order valence-corrected chi connectivity index (χ2v) is 3.88. The van der Waals surface area contributed by atoms with Gasteiger partial charge >= 0.3 is 0 Å². The molecule has 0 aromatic heterocycles. The van der Waals surface area contributed by atoms with Crippen molar-refractivity contribution in [2.45, 2.75) is 13.3 Å². The summed E-state index contributed by atoms with van der Waals surface area (Å²) in [7, 11) is 0. The molecule has 2 heteroatoms. The highest BCUT2D eigenvalue weighted by molar-refractivity contribution is 5.56. The second kappa shape index (κ2) is 5.79. The molecule has 0 radical (unpaired) electrons. The van der Waals surface area contributed by atoms with Crippen LogP contribution in [-0.4, -0.2) is 0 Å².